The number of ether oxygens (including phenoxy) is 1. The van der Waals surface area contributed by atoms with E-state index in [0.29, 0.717) is 11.3 Å². The maximum absolute atomic E-state index is 12.5. The minimum atomic E-state index is -0.552. The number of para-hydroxylation sites is 1. The van der Waals surface area contributed by atoms with Gasteiger partial charge in [0.15, 0.2) is 0 Å². The minimum absolute atomic E-state index is 0.177. The number of carbonyl (C=O) groups is 2. The number of hydrogen-bond acceptors (Lipinski definition) is 5. The third kappa shape index (κ3) is 3.67. The molecule has 0 atom stereocenters. The van der Waals surface area contributed by atoms with Gasteiger partial charge >= 0.3 is 5.97 Å². The van der Waals surface area contributed by atoms with Crippen LogP contribution in [0.5, 0.6) is 0 Å². The molecule has 1 aromatic heterocycles. The van der Waals surface area contributed by atoms with E-state index in [4.69, 9.17) is 5.73 Å². The number of nitrogens with one attached hydrogen (secondary N) is 1. The van der Waals surface area contributed by atoms with Crippen molar-refractivity contribution in [3.8, 4) is 5.69 Å². The van der Waals surface area contributed by atoms with Crippen molar-refractivity contribution >= 4 is 23.4 Å². The molecule has 0 fully saturated rings. The van der Waals surface area contributed by atoms with E-state index < -0.39 is 5.97 Å². The van der Waals surface area contributed by atoms with E-state index in [2.05, 4.69) is 15.2 Å². The number of carbonyl (C=O) groups excluding carboxylic acids is 2. The van der Waals surface area contributed by atoms with Crippen LogP contribution < -0.4 is 11.1 Å². The predicted molar refractivity (Wildman–Crippen MR) is 103 cm³/mol. The SMILES string of the molecule is CCc1ccccc1NC(=O)c1ccc(-n2ncc(C(=O)OC)c2N)cc1. The number of methoxy groups -OCH3 is 1. The second-order valence-corrected chi connectivity index (χ2v) is 5.86. The molecule has 138 valence electrons. The van der Waals surface area contributed by atoms with Gasteiger partial charge in [-0.25, -0.2) is 9.48 Å². The molecule has 0 saturated heterocycles. The van der Waals surface area contributed by atoms with E-state index in [1.165, 1.54) is 18.0 Å². The van der Waals surface area contributed by atoms with Gasteiger partial charge in [-0.1, -0.05) is 25.1 Å². The summed E-state index contributed by atoms with van der Waals surface area (Å²) in [6, 6.07) is 14.5. The molecule has 0 aliphatic heterocycles. The van der Waals surface area contributed by atoms with Crippen LogP contribution in [0.15, 0.2) is 54.7 Å². The molecule has 1 heterocycles. The van der Waals surface area contributed by atoms with Crippen molar-refractivity contribution in [2.24, 2.45) is 0 Å². The Hall–Kier alpha value is -3.61. The number of hydrogen-bond donors (Lipinski definition) is 2. The fourth-order valence-corrected chi connectivity index (χ4v) is 2.73. The molecule has 3 rings (SSSR count). The molecule has 0 unspecified atom stereocenters. The highest BCUT2D eigenvalue weighted by Crippen LogP contribution is 2.20. The lowest BCUT2D eigenvalue weighted by molar-refractivity contribution is 0.0602. The van der Waals surface area contributed by atoms with Gasteiger partial charge in [-0.15, -0.1) is 0 Å². The molecule has 3 N–H and O–H groups in total. The van der Waals surface area contributed by atoms with Gasteiger partial charge < -0.3 is 15.8 Å². The van der Waals surface area contributed by atoms with Crippen LogP contribution in [-0.4, -0.2) is 28.8 Å². The molecule has 0 bridgehead atoms. The fourth-order valence-electron chi connectivity index (χ4n) is 2.73. The van der Waals surface area contributed by atoms with Crippen molar-refractivity contribution in [2.45, 2.75) is 13.3 Å². The van der Waals surface area contributed by atoms with Crippen LogP contribution in [0.4, 0.5) is 11.5 Å². The van der Waals surface area contributed by atoms with Gasteiger partial charge in [-0.2, -0.15) is 5.10 Å². The molecule has 0 radical (unpaired) electrons. The van der Waals surface area contributed by atoms with Crippen LogP contribution in [0.3, 0.4) is 0 Å². The molecule has 0 aliphatic rings. The second kappa shape index (κ2) is 7.74. The summed E-state index contributed by atoms with van der Waals surface area (Å²) in [5.41, 5.74) is 9.16. The lowest BCUT2D eigenvalue weighted by Crippen LogP contribution is -2.13. The average molecular weight is 364 g/mol. The van der Waals surface area contributed by atoms with E-state index in [0.717, 1.165) is 17.7 Å². The van der Waals surface area contributed by atoms with E-state index in [1.54, 1.807) is 24.3 Å². The molecule has 0 saturated carbocycles. The summed E-state index contributed by atoms with van der Waals surface area (Å²) in [7, 11) is 1.28. The van der Waals surface area contributed by atoms with Crippen LogP contribution in [-0.2, 0) is 11.2 Å². The van der Waals surface area contributed by atoms with Gasteiger partial charge in [0.2, 0.25) is 0 Å². The lowest BCUT2D eigenvalue weighted by atomic mass is 10.1. The smallest absolute Gasteiger partial charge is 0.343 e. The van der Waals surface area contributed by atoms with Gasteiger partial charge in [-0.05, 0) is 42.3 Å². The van der Waals surface area contributed by atoms with Gasteiger partial charge in [-0.3, -0.25) is 4.79 Å². The molecule has 0 spiro atoms. The molecule has 2 aromatic carbocycles. The van der Waals surface area contributed by atoms with Crippen LogP contribution >= 0.6 is 0 Å². The number of amides is 1. The molecule has 7 nitrogen and oxygen atoms in total. The summed E-state index contributed by atoms with van der Waals surface area (Å²) < 4.78 is 6.08. The first kappa shape index (κ1) is 18.2. The zero-order valence-corrected chi connectivity index (χ0v) is 15.1. The largest absolute Gasteiger partial charge is 0.465 e. The third-order valence-electron chi connectivity index (χ3n) is 4.23. The number of aryl methyl sites for hydroxylation is 1. The van der Waals surface area contributed by atoms with Crippen molar-refractivity contribution in [3.05, 3.63) is 71.4 Å². The van der Waals surface area contributed by atoms with Gasteiger partial charge in [0.25, 0.3) is 5.91 Å². The molecule has 27 heavy (non-hydrogen) atoms. The van der Waals surface area contributed by atoms with Gasteiger partial charge in [0, 0.05) is 11.3 Å². The standard InChI is InChI=1S/C20H20N4O3/c1-3-13-6-4-5-7-17(13)23-19(25)14-8-10-15(11-9-14)24-18(21)16(12-22-24)20(26)27-2/h4-12H,3,21H2,1-2H3,(H,23,25). The number of nitrogens with zero attached hydrogens (tertiary/aromatic N) is 2. The van der Waals surface area contributed by atoms with E-state index in [-0.39, 0.29) is 17.3 Å². The van der Waals surface area contributed by atoms with E-state index in [1.807, 2.05) is 31.2 Å². The number of nitrogen functional groups attached to an aromatic ring is 1. The fraction of sp³-hybridized carbons (Fsp3) is 0.150. The Bertz CT molecular complexity index is 977. The maximum Gasteiger partial charge on any atom is 0.343 e. The third-order valence-corrected chi connectivity index (χ3v) is 4.23. The van der Waals surface area contributed by atoms with Crippen molar-refractivity contribution < 1.29 is 14.3 Å². The Morgan fingerprint density at radius 2 is 1.85 bits per heavy atom. The number of rotatable bonds is 5. The van der Waals surface area contributed by atoms with Crippen molar-refractivity contribution in [3.63, 3.8) is 0 Å². The summed E-state index contributed by atoms with van der Waals surface area (Å²) in [6.45, 7) is 2.04. The molecule has 7 heteroatoms. The normalized spacial score (nSPS) is 10.4. The van der Waals surface area contributed by atoms with Crippen molar-refractivity contribution in [1.82, 2.24) is 9.78 Å². The second-order valence-electron chi connectivity index (χ2n) is 5.86. The molecular formula is C20H20N4O3. The minimum Gasteiger partial charge on any atom is -0.465 e. The summed E-state index contributed by atoms with van der Waals surface area (Å²) in [5.74, 6) is -0.577. The van der Waals surface area contributed by atoms with Crippen LogP contribution in [0.25, 0.3) is 5.69 Å². The van der Waals surface area contributed by atoms with Gasteiger partial charge in [0.1, 0.15) is 11.4 Å². The summed E-state index contributed by atoms with van der Waals surface area (Å²) in [4.78, 5) is 24.1. The summed E-state index contributed by atoms with van der Waals surface area (Å²) in [6.07, 6.45) is 2.18. The Morgan fingerprint density at radius 1 is 1.15 bits per heavy atom. The summed E-state index contributed by atoms with van der Waals surface area (Å²) in [5, 5.41) is 7.04. The number of benzene rings is 2. The first-order valence-corrected chi connectivity index (χ1v) is 8.46. The number of esters is 1. The van der Waals surface area contributed by atoms with E-state index in [9.17, 15) is 9.59 Å². The Morgan fingerprint density at radius 3 is 2.52 bits per heavy atom. The van der Waals surface area contributed by atoms with Crippen LogP contribution in [0, 0.1) is 0 Å². The Balaban J connectivity index is 1.80. The zero-order chi connectivity index (χ0) is 19.4. The quantitative estimate of drug-likeness (QED) is 0.678. The predicted octanol–water partition coefficient (Wildman–Crippen LogP) is 3.06. The molecular weight excluding hydrogens is 344 g/mol. The monoisotopic (exact) mass is 364 g/mol. The van der Waals surface area contributed by atoms with Crippen LogP contribution in [0.1, 0.15) is 33.2 Å². The molecule has 1 amide bonds. The van der Waals surface area contributed by atoms with E-state index >= 15 is 0 Å². The topological polar surface area (TPSA) is 99.2 Å². The van der Waals surface area contributed by atoms with Crippen molar-refractivity contribution in [2.75, 3.05) is 18.2 Å². The number of anilines is 2. The first-order chi connectivity index (χ1) is 13.0. The lowest BCUT2D eigenvalue weighted by Gasteiger charge is -2.10. The highest BCUT2D eigenvalue weighted by molar-refractivity contribution is 6.04. The molecule has 0 aliphatic carbocycles. The zero-order valence-electron chi connectivity index (χ0n) is 15.1. The molecule has 3 aromatic rings. The van der Waals surface area contributed by atoms with Gasteiger partial charge in [0.05, 0.1) is 19.0 Å². The summed E-state index contributed by atoms with van der Waals surface area (Å²) >= 11 is 0. The van der Waals surface area contributed by atoms with Crippen molar-refractivity contribution in [1.29, 1.82) is 0 Å². The maximum atomic E-state index is 12.5. The Kier molecular flexibility index (Phi) is 5.21. The highest BCUT2D eigenvalue weighted by Gasteiger charge is 2.16. The number of nitrogens with two attached hydrogens (primary N) is 1. The average Bonchev–Trinajstić information content (AvgIpc) is 3.09. The highest BCUT2D eigenvalue weighted by atomic mass is 16.5. The first-order valence-electron chi connectivity index (χ1n) is 8.46. The van der Waals surface area contributed by atoms with Crippen LogP contribution in [0.2, 0.25) is 0 Å². The number of aromatic nitrogens is 2. The Labute approximate surface area is 156 Å².